The molecule has 0 aliphatic carbocycles. The molecule has 0 unspecified atom stereocenters. The number of aromatic nitrogens is 10. The van der Waals surface area contributed by atoms with Gasteiger partial charge < -0.3 is 8.83 Å². The quantitative estimate of drug-likeness (QED) is 0.135. The molecule has 0 aliphatic heterocycles. The smallest absolute Gasteiger partial charge is 0.231 e. The van der Waals surface area contributed by atoms with Gasteiger partial charge in [-0.25, -0.2) is 39.9 Å². The van der Waals surface area contributed by atoms with Crippen molar-refractivity contribution in [3.8, 4) is 101 Å². The summed E-state index contributed by atoms with van der Waals surface area (Å²) < 4.78 is 16.0. The summed E-state index contributed by atoms with van der Waals surface area (Å²) in [6.07, 6.45) is 0. The van der Waals surface area contributed by atoms with Crippen LogP contribution in [0.15, 0.2) is 379 Å². The van der Waals surface area contributed by atoms with Crippen molar-refractivity contribution < 1.29 is 8.83 Å². The van der Waals surface area contributed by atoms with Crippen LogP contribution in [0.5, 0.6) is 0 Å². The van der Waals surface area contributed by atoms with E-state index in [9.17, 15) is 0 Å². The maximum atomic E-state index is 6.11. The van der Waals surface area contributed by atoms with Crippen molar-refractivity contribution in [2.24, 2.45) is 0 Å². The van der Waals surface area contributed by atoms with E-state index in [-0.39, 0.29) is 27.1 Å². The molecule has 12 nitrogen and oxygen atoms in total. The molecule has 15 heteroatoms. The summed E-state index contributed by atoms with van der Waals surface area (Å²) in [5, 5.41) is 11.2. The molecule has 0 saturated heterocycles. The molecular formula is C124H106N10O2S3. The molecule has 0 amide bonds. The maximum absolute atomic E-state index is 6.11. The number of para-hydroxylation sites is 2. The van der Waals surface area contributed by atoms with Crippen LogP contribution in [0, 0.1) is 0 Å². The summed E-state index contributed by atoms with van der Waals surface area (Å²) >= 11 is 5.25. The van der Waals surface area contributed by atoms with E-state index in [0.717, 1.165) is 143 Å². The number of benzene rings is 14. The van der Waals surface area contributed by atoms with Crippen molar-refractivity contribution in [2.45, 2.75) is 131 Å². The van der Waals surface area contributed by atoms with Gasteiger partial charge in [-0.05, 0) is 87.0 Å². The first-order valence-corrected chi connectivity index (χ1v) is 49.7. The number of rotatable bonds is 9. The predicted octanol–water partition coefficient (Wildman–Crippen LogP) is 34.8. The van der Waals surface area contributed by atoms with Crippen LogP contribution >= 0.6 is 34.0 Å². The summed E-state index contributed by atoms with van der Waals surface area (Å²) in [4.78, 5) is 52.6. The Bertz CT molecular complexity index is 8190. The van der Waals surface area contributed by atoms with Gasteiger partial charge in [0.1, 0.15) is 54.8 Å². The van der Waals surface area contributed by atoms with Crippen LogP contribution < -0.4 is 0 Å². The fraction of sp³-hybridized carbons (Fsp3) is 0.161. The van der Waals surface area contributed by atoms with Gasteiger partial charge in [0.05, 0.1) is 39.2 Å². The summed E-state index contributed by atoms with van der Waals surface area (Å²) in [6, 6.07) is 128. The average molecular weight is 1860 g/mol. The Labute approximate surface area is 822 Å². The molecule has 682 valence electrons. The summed E-state index contributed by atoms with van der Waals surface area (Å²) in [5.41, 5.74) is 22.4. The lowest BCUT2D eigenvalue weighted by Gasteiger charge is -2.18. The Morgan fingerprint density at radius 2 is 0.381 bits per heavy atom. The number of thiophene rings is 3. The summed E-state index contributed by atoms with van der Waals surface area (Å²) in [7, 11) is 0. The second-order valence-electron chi connectivity index (χ2n) is 40.3. The molecule has 139 heavy (non-hydrogen) atoms. The molecule has 0 atom stereocenters. The highest BCUT2D eigenvalue weighted by Gasteiger charge is 2.30. The fourth-order valence-electron chi connectivity index (χ4n) is 17.3. The third-order valence-electron chi connectivity index (χ3n) is 24.6. The third kappa shape index (κ3) is 19.1. The SMILES string of the molecule is CC(C)(C)c1nc(-c2ccc(-c3ccccc3)cc2)c2c(n1)oc1ccccc12.CC(C)(C)c1nc(-c2ccc(-c3ccccc3)cc2)c2c(n1)sc1ccccc12.CC(C)(C)c1nc(-c2cccc(-c3ccccc3)c2)c2c(n1)oc1ccccc12.CC(C)(C)c1nc(-c2cccc(-c3ccccc3)c2)c2c(n1)sc1ccccc12.CC(C)(C)c1nc(-c2ccccc2)c2c(n1)sc1ccccc12. The third-order valence-corrected chi connectivity index (χ3v) is 27.8. The Kier molecular flexibility index (Phi) is 24.8. The van der Waals surface area contributed by atoms with Gasteiger partial charge in [0.2, 0.25) is 11.4 Å². The van der Waals surface area contributed by atoms with Gasteiger partial charge in [0.15, 0.2) is 0 Å². The number of hydrogen-bond acceptors (Lipinski definition) is 15. The lowest BCUT2D eigenvalue weighted by molar-refractivity contribution is 0.540. The van der Waals surface area contributed by atoms with Gasteiger partial charge in [-0.2, -0.15) is 9.97 Å². The van der Waals surface area contributed by atoms with E-state index >= 15 is 0 Å². The molecule has 0 fully saturated rings. The largest absolute Gasteiger partial charge is 0.438 e. The predicted molar refractivity (Wildman–Crippen MR) is 586 cm³/mol. The van der Waals surface area contributed by atoms with Gasteiger partial charge in [0, 0.05) is 112 Å². The molecule has 0 saturated carbocycles. The molecule has 0 aliphatic rings. The van der Waals surface area contributed by atoms with Crippen LogP contribution in [0.4, 0.5) is 0 Å². The first kappa shape index (κ1) is 91.5. The highest BCUT2D eigenvalue weighted by atomic mass is 32.1. The molecule has 24 aromatic rings. The van der Waals surface area contributed by atoms with Crippen LogP contribution in [0.1, 0.15) is 133 Å². The number of nitrogens with zero attached hydrogens (tertiary/aromatic N) is 10. The highest BCUT2D eigenvalue weighted by molar-refractivity contribution is 7.26. The van der Waals surface area contributed by atoms with Crippen LogP contribution in [0.2, 0.25) is 0 Å². The molecule has 14 aromatic carbocycles. The normalized spacial score (nSPS) is 12.0. The monoisotopic (exact) mass is 1860 g/mol. The number of fused-ring (bicyclic) bond motifs is 15. The second-order valence-corrected chi connectivity index (χ2v) is 43.4. The molecule has 0 radical (unpaired) electrons. The van der Waals surface area contributed by atoms with E-state index < -0.39 is 0 Å². The Morgan fingerprint density at radius 1 is 0.173 bits per heavy atom. The van der Waals surface area contributed by atoms with E-state index in [2.05, 4.69) is 413 Å². The highest BCUT2D eigenvalue weighted by Crippen LogP contribution is 2.47. The minimum Gasteiger partial charge on any atom is -0.438 e. The standard InChI is InChI=1S/2C26H22N2O.2C26H22N2S.C20H18N2S/c1-26(2,3)25-27-23(22-20-14-7-8-15-21(20)29-24(22)28-25)19-13-9-12-18(16-19)17-10-5-4-6-11-17;1-26(2,3)25-27-23(22-20-11-7-8-12-21(20)29-24(22)28-25)19-15-13-18(14-16-19)17-9-5-4-6-10-17;1-26(2,3)25-27-23(22-20-14-7-8-15-21(20)29-24(22)28-25)19-13-9-12-18(16-19)17-10-5-4-6-11-17;1-26(2,3)25-27-23(22-20-11-7-8-12-21(20)29-24(22)28-25)19-15-13-18(14-16-19)17-9-5-4-6-10-17;1-20(2,3)19-21-17(13-9-5-4-6-10-13)16-14-11-7-8-12-15(14)23-18(16)22-19/h4*4-16H,1-3H3;4-12H,1-3H3. The summed E-state index contributed by atoms with van der Waals surface area (Å²) in [6.45, 7) is 32.3. The molecule has 10 aromatic heterocycles. The fourth-order valence-corrected chi connectivity index (χ4v) is 20.5. The van der Waals surface area contributed by atoms with Crippen LogP contribution in [-0.4, -0.2) is 49.8 Å². The van der Waals surface area contributed by atoms with Crippen molar-refractivity contribution in [1.29, 1.82) is 0 Å². The number of furan rings is 2. The van der Waals surface area contributed by atoms with Crippen molar-refractivity contribution in [1.82, 2.24) is 49.8 Å². The Balaban J connectivity index is 0.000000107. The molecule has 0 N–H and O–H groups in total. The zero-order valence-electron chi connectivity index (χ0n) is 80.7. The zero-order valence-corrected chi connectivity index (χ0v) is 83.2. The van der Waals surface area contributed by atoms with Crippen LogP contribution in [0.25, 0.3) is 206 Å². The second kappa shape index (κ2) is 37.7. The van der Waals surface area contributed by atoms with Crippen LogP contribution in [0.3, 0.4) is 0 Å². The van der Waals surface area contributed by atoms with Crippen molar-refractivity contribution >= 4 is 139 Å². The van der Waals surface area contributed by atoms with Crippen molar-refractivity contribution in [3.05, 3.63) is 399 Å². The molecular weight excluding hydrogens is 1760 g/mol. The van der Waals surface area contributed by atoms with E-state index in [0.29, 0.717) is 11.4 Å². The lowest BCUT2D eigenvalue weighted by atomic mass is 9.94. The van der Waals surface area contributed by atoms with E-state index in [4.69, 9.17) is 58.7 Å². The van der Waals surface area contributed by atoms with E-state index in [1.54, 1.807) is 34.0 Å². The number of hydrogen-bond donors (Lipinski definition) is 0. The molecule has 10 heterocycles. The van der Waals surface area contributed by atoms with Crippen LogP contribution in [-0.2, 0) is 27.1 Å². The average Bonchev–Trinajstić information content (AvgIpc) is 1.61. The zero-order chi connectivity index (χ0) is 96.1. The van der Waals surface area contributed by atoms with Gasteiger partial charge in [0.25, 0.3) is 0 Å². The molecule has 0 bridgehead atoms. The van der Waals surface area contributed by atoms with Gasteiger partial charge in [-0.1, -0.05) is 431 Å². The maximum Gasteiger partial charge on any atom is 0.231 e. The van der Waals surface area contributed by atoms with Gasteiger partial charge in [-0.15, -0.1) is 34.0 Å². The minimum atomic E-state index is -0.182. The van der Waals surface area contributed by atoms with Crippen molar-refractivity contribution in [3.63, 3.8) is 0 Å². The lowest BCUT2D eigenvalue weighted by Crippen LogP contribution is -2.16. The van der Waals surface area contributed by atoms with E-state index in [1.165, 1.54) is 80.2 Å². The minimum absolute atomic E-state index is 0.0755. The van der Waals surface area contributed by atoms with Gasteiger partial charge >= 0.3 is 0 Å². The first-order valence-electron chi connectivity index (χ1n) is 47.2. The van der Waals surface area contributed by atoms with Gasteiger partial charge in [-0.3, -0.25) is 0 Å². The van der Waals surface area contributed by atoms with Crippen molar-refractivity contribution in [2.75, 3.05) is 0 Å². The van der Waals surface area contributed by atoms with E-state index in [1.807, 2.05) is 60.7 Å². The Morgan fingerprint density at radius 3 is 0.691 bits per heavy atom. The first-order chi connectivity index (χ1) is 67.1. The molecule has 0 spiro atoms. The topological polar surface area (TPSA) is 155 Å². The summed E-state index contributed by atoms with van der Waals surface area (Å²) in [5.74, 6) is 4.24. The molecule has 24 rings (SSSR count). The Hall–Kier alpha value is -15.3.